The molecule has 3 heteroatoms. The molecule has 1 aromatic carbocycles. The maximum absolute atomic E-state index is 5.99. The van der Waals surface area contributed by atoms with E-state index in [1.54, 1.807) is 7.11 Å². The average Bonchev–Trinajstić information content (AvgIpc) is 2.38. The Labute approximate surface area is 107 Å². The van der Waals surface area contributed by atoms with Gasteiger partial charge in [0, 0.05) is 23.5 Å². The fraction of sp³-hybridized carbons (Fsp3) is 0.400. The van der Waals surface area contributed by atoms with Crippen molar-refractivity contribution in [3.05, 3.63) is 36.2 Å². The third-order valence-corrected chi connectivity index (χ3v) is 4.18. The van der Waals surface area contributed by atoms with Crippen LogP contribution in [0.1, 0.15) is 25.0 Å². The number of hydrogen-bond acceptors (Lipinski definition) is 3. The highest BCUT2D eigenvalue weighted by Gasteiger charge is 2.39. The standard InChI is InChI=1S/C15H18N2O/c1-18-12-4-3-11-5-8-17-14(13(11)9-12)15(10-16)6-2-7-15/h3-5,8-9H,2,6-7,10,16H2,1H3. The second-order valence-corrected chi connectivity index (χ2v) is 5.08. The molecule has 1 aliphatic carbocycles. The smallest absolute Gasteiger partial charge is 0.119 e. The van der Waals surface area contributed by atoms with Gasteiger partial charge in [0.05, 0.1) is 12.8 Å². The van der Waals surface area contributed by atoms with Crippen molar-refractivity contribution in [1.82, 2.24) is 4.98 Å². The van der Waals surface area contributed by atoms with E-state index in [9.17, 15) is 0 Å². The Balaban J connectivity index is 2.21. The number of rotatable bonds is 3. The van der Waals surface area contributed by atoms with Gasteiger partial charge in [-0.25, -0.2) is 0 Å². The highest BCUT2D eigenvalue weighted by Crippen LogP contribution is 2.44. The van der Waals surface area contributed by atoms with E-state index >= 15 is 0 Å². The van der Waals surface area contributed by atoms with Crippen LogP contribution in [0.15, 0.2) is 30.5 Å². The summed E-state index contributed by atoms with van der Waals surface area (Å²) in [5.74, 6) is 0.878. The number of fused-ring (bicyclic) bond motifs is 1. The zero-order valence-electron chi connectivity index (χ0n) is 10.6. The highest BCUT2D eigenvalue weighted by molar-refractivity contribution is 5.86. The van der Waals surface area contributed by atoms with Crippen LogP contribution in [-0.2, 0) is 5.41 Å². The molecular formula is C15H18N2O. The molecule has 2 aromatic rings. The van der Waals surface area contributed by atoms with Crippen LogP contribution in [0.2, 0.25) is 0 Å². The van der Waals surface area contributed by atoms with Crippen LogP contribution in [0.25, 0.3) is 10.8 Å². The largest absolute Gasteiger partial charge is 0.497 e. The van der Waals surface area contributed by atoms with E-state index < -0.39 is 0 Å². The summed E-state index contributed by atoms with van der Waals surface area (Å²) >= 11 is 0. The molecular weight excluding hydrogens is 224 g/mol. The van der Waals surface area contributed by atoms with Gasteiger partial charge in [0.2, 0.25) is 0 Å². The number of nitrogens with zero attached hydrogens (tertiary/aromatic N) is 1. The lowest BCUT2D eigenvalue weighted by Crippen LogP contribution is -2.42. The van der Waals surface area contributed by atoms with E-state index in [-0.39, 0.29) is 5.41 Å². The third-order valence-electron chi connectivity index (χ3n) is 4.18. The summed E-state index contributed by atoms with van der Waals surface area (Å²) in [4.78, 5) is 4.61. The summed E-state index contributed by atoms with van der Waals surface area (Å²) in [6.45, 7) is 0.677. The lowest BCUT2D eigenvalue weighted by Gasteiger charge is -2.41. The molecule has 0 radical (unpaired) electrons. The minimum atomic E-state index is 0.0892. The summed E-state index contributed by atoms with van der Waals surface area (Å²) in [7, 11) is 1.69. The highest BCUT2D eigenvalue weighted by atomic mass is 16.5. The molecule has 0 aliphatic heterocycles. The Hall–Kier alpha value is -1.61. The first-order valence-electron chi connectivity index (χ1n) is 6.42. The normalized spacial score (nSPS) is 17.4. The van der Waals surface area contributed by atoms with Gasteiger partial charge in [0.1, 0.15) is 5.75 Å². The van der Waals surface area contributed by atoms with Crippen LogP contribution in [0.3, 0.4) is 0 Å². The summed E-state index contributed by atoms with van der Waals surface area (Å²) in [5.41, 5.74) is 7.23. The molecule has 1 saturated carbocycles. The van der Waals surface area contributed by atoms with Crippen LogP contribution in [-0.4, -0.2) is 18.6 Å². The third kappa shape index (κ3) is 1.58. The van der Waals surface area contributed by atoms with Gasteiger partial charge in [-0.2, -0.15) is 0 Å². The summed E-state index contributed by atoms with van der Waals surface area (Å²) in [5, 5.41) is 2.39. The number of nitrogens with two attached hydrogens (primary N) is 1. The molecule has 0 bridgehead atoms. The number of aromatic nitrogens is 1. The molecule has 0 unspecified atom stereocenters. The van der Waals surface area contributed by atoms with E-state index in [0.29, 0.717) is 6.54 Å². The first-order valence-corrected chi connectivity index (χ1v) is 6.42. The van der Waals surface area contributed by atoms with Gasteiger partial charge in [-0.15, -0.1) is 0 Å². The van der Waals surface area contributed by atoms with Crippen LogP contribution in [0, 0.1) is 0 Å². The van der Waals surface area contributed by atoms with Crippen molar-refractivity contribution < 1.29 is 4.74 Å². The fourth-order valence-electron chi connectivity index (χ4n) is 2.84. The topological polar surface area (TPSA) is 48.1 Å². The van der Waals surface area contributed by atoms with Crippen LogP contribution < -0.4 is 10.5 Å². The number of benzene rings is 1. The first-order chi connectivity index (χ1) is 8.79. The Morgan fingerprint density at radius 3 is 2.78 bits per heavy atom. The van der Waals surface area contributed by atoms with Gasteiger partial charge in [-0.05, 0) is 36.4 Å². The molecule has 94 valence electrons. The number of hydrogen-bond donors (Lipinski definition) is 1. The molecule has 1 aromatic heterocycles. The van der Waals surface area contributed by atoms with Gasteiger partial charge in [0.25, 0.3) is 0 Å². The minimum absolute atomic E-state index is 0.0892. The van der Waals surface area contributed by atoms with Crippen molar-refractivity contribution in [2.75, 3.05) is 13.7 Å². The minimum Gasteiger partial charge on any atom is -0.497 e. The molecule has 0 atom stereocenters. The predicted molar refractivity (Wildman–Crippen MR) is 72.9 cm³/mol. The van der Waals surface area contributed by atoms with Crippen LogP contribution in [0.5, 0.6) is 5.75 Å². The molecule has 3 rings (SSSR count). The molecule has 3 nitrogen and oxygen atoms in total. The van der Waals surface area contributed by atoms with Crippen molar-refractivity contribution in [2.45, 2.75) is 24.7 Å². The maximum Gasteiger partial charge on any atom is 0.119 e. The molecule has 0 amide bonds. The molecule has 0 saturated heterocycles. The van der Waals surface area contributed by atoms with Crippen molar-refractivity contribution in [1.29, 1.82) is 0 Å². The maximum atomic E-state index is 5.99. The Bertz CT molecular complexity index is 570. The monoisotopic (exact) mass is 242 g/mol. The molecule has 0 spiro atoms. The summed E-state index contributed by atoms with van der Waals surface area (Å²) < 4.78 is 5.32. The zero-order valence-corrected chi connectivity index (χ0v) is 10.6. The van der Waals surface area contributed by atoms with Crippen molar-refractivity contribution >= 4 is 10.8 Å². The van der Waals surface area contributed by atoms with Gasteiger partial charge in [-0.3, -0.25) is 4.98 Å². The second kappa shape index (κ2) is 4.25. The van der Waals surface area contributed by atoms with Gasteiger partial charge >= 0.3 is 0 Å². The Kier molecular flexibility index (Phi) is 2.71. The van der Waals surface area contributed by atoms with Gasteiger partial charge in [-0.1, -0.05) is 12.5 Å². The summed E-state index contributed by atoms with van der Waals surface area (Å²) in [6, 6.07) is 8.19. The lowest BCUT2D eigenvalue weighted by molar-refractivity contribution is 0.248. The molecule has 2 N–H and O–H groups in total. The Morgan fingerprint density at radius 1 is 1.33 bits per heavy atom. The average molecular weight is 242 g/mol. The van der Waals surface area contributed by atoms with Crippen molar-refractivity contribution in [2.24, 2.45) is 5.73 Å². The van der Waals surface area contributed by atoms with Crippen molar-refractivity contribution in [3.8, 4) is 5.75 Å². The summed E-state index contributed by atoms with van der Waals surface area (Å²) in [6.07, 6.45) is 5.43. The van der Waals surface area contributed by atoms with Gasteiger partial charge in [0.15, 0.2) is 0 Å². The second-order valence-electron chi connectivity index (χ2n) is 5.08. The molecule has 1 aliphatic rings. The Morgan fingerprint density at radius 2 is 2.17 bits per heavy atom. The number of methoxy groups -OCH3 is 1. The van der Waals surface area contributed by atoms with E-state index in [1.165, 1.54) is 17.2 Å². The van der Waals surface area contributed by atoms with E-state index in [0.717, 1.165) is 24.3 Å². The molecule has 1 fully saturated rings. The van der Waals surface area contributed by atoms with E-state index in [4.69, 9.17) is 10.5 Å². The molecule has 1 heterocycles. The van der Waals surface area contributed by atoms with Crippen molar-refractivity contribution in [3.63, 3.8) is 0 Å². The SMILES string of the molecule is COc1ccc2ccnc(C3(CN)CCC3)c2c1. The zero-order chi connectivity index (χ0) is 12.6. The quantitative estimate of drug-likeness (QED) is 0.900. The van der Waals surface area contributed by atoms with Crippen LogP contribution in [0.4, 0.5) is 0 Å². The molecule has 18 heavy (non-hydrogen) atoms. The lowest BCUT2D eigenvalue weighted by atomic mass is 9.65. The van der Waals surface area contributed by atoms with Crippen LogP contribution >= 0.6 is 0 Å². The van der Waals surface area contributed by atoms with Gasteiger partial charge < -0.3 is 10.5 Å². The van der Waals surface area contributed by atoms with E-state index in [2.05, 4.69) is 17.1 Å². The van der Waals surface area contributed by atoms with E-state index in [1.807, 2.05) is 18.3 Å². The number of pyridine rings is 1. The first kappa shape index (κ1) is 11.5. The predicted octanol–water partition coefficient (Wildman–Crippen LogP) is 2.62. The fourth-order valence-corrected chi connectivity index (χ4v) is 2.84. The number of ether oxygens (including phenoxy) is 1.